The fraction of sp³-hybridized carbons (Fsp3) is 0.750. The molecule has 1 aliphatic carbocycles. The van der Waals surface area contributed by atoms with Crippen molar-refractivity contribution in [2.75, 3.05) is 0 Å². The van der Waals surface area contributed by atoms with Crippen LogP contribution in [-0.2, 0) is 12.8 Å². The molecule has 1 fully saturated rings. The van der Waals surface area contributed by atoms with Crippen LogP contribution < -0.4 is 0 Å². The van der Waals surface area contributed by atoms with E-state index in [-0.39, 0.29) is 0 Å². The highest BCUT2D eigenvalue weighted by molar-refractivity contribution is 5.39. The number of hydrogen-bond acceptors (Lipinski definition) is 1. The van der Waals surface area contributed by atoms with Crippen LogP contribution in [0.25, 0.3) is 0 Å². The Morgan fingerprint density at radius 3 is 2.28 bits per heavy atom. The molecule has 25 heavy (non-hydrogen) atoms. The Kier molecular flexibility index (Phi) is 7.40. The maximum atomic E-state index is 10.3. The second-order valence-corrected chi connectivity index (χ2v) is 9.91. The van der Waals surface area contributed by atoms with E-state index < -0.39 is 0 Å². The third kappa shape index (κ3) is 7.84. The summed E-state index contributed by atoms with van der Waals surface area (Å²) >= 11 is 0. The van der Waals surface area contributed by atoms with Crippen LogP contribution in [0.1, 0.15) is 103 Å². The van der Waals surface area contributed by atoms with Gasteiger partial charge in [-0.15, -0.1) is 0 Å². The van der Waals surface area contributed by atoms with Crippen molar-refractivity contribution in [3.05, 3.63) is 29.3 Å². The largest absolute Gasteiger partial charge is 0.508 e. The van der Waals surface area contributed by atoms with Gasteiger partial charge in [0.25, 0.3) is 0 Å². The first-order valence-corrected chi connectivity index (χ1v) is 10.6. The zero-order chi connectivity index (χ0) is 18.3. The molecule has 142 valence electrons. The van der Waals surface area contributed by atoms with Crippen molar-refractivity contribution in [3.63, 3.8) is 0 Å². The first-order valence-electron chi connectivity index (χ1n) is 10.6. The van der Waals surface area contributed by atoms with Crippen molar-refractivity contribution >= 4 is 0 Å². The Balaban J connectivity index is 1.71. The number of benzene rings is 1. The van der Waals surface area contributed by atoms with Gasteiger partial charge in [0.05, 0.1) is 0 Å². The minimum absolute atomic E-state index is 0.452. The van der Waals surface area contributed by atoms with Gasteiger partial charge in [-0.05, 0) is 79.4 Å². The zero-order valence-electron chi connectivity index (χ0n) is 17.2. The first-order chi connectivity index (χ1) is 11.8. The van der Waals surface area contributed by atoms with E-state index in [1.54, 1.807) is 0 Å². The van der Waals surface area contributed by atoms with Crippen molar-refractivity contribution in [1.82, 2.24) is 0 Å². The average Bonchev–Trinajstić information content (AvgIpc) is 3.25. The highest BCUT2D eigenvalue weighted by Gasteiger charge is 2.35. The molecular weight excluding hydrogens is 304 g/mol. The van der Waals surface area contributed by atoms with Gasteiger partial charge in [0, 0.05) is 0 Å². The van der Waals surface area contributed by atoms with Crippen molar-refractivity contribution in [2.45, 2.75) is 105 Å². The van der Waals surface area contributed by atoms with Crippen LogP contribution in [0.2, 0.25) is 0 Å². The van der Waals surface area contributed by atoms with Gasteiger partial charge in [-0.1, -0.05) is 65.5 Å². The van der Waals surface area contributed by atoms with Crippen LogP contribution in [0.4, 0.5) is 0 Å². The number of hydrogen-bond donors (Lipinski definition) is 1. The number of phenolic OH excluding ortho intramolecular Hbond substituents is 1. The minimum Gasteiger partial charge on any atom is -0.508 e. The molecule has 0 radical (unpaired) electrons. The Morgan fingerprint density at radius 2 is 1.60 bits per heavy atom. The summed E-state index contributed by atoms with van der Waals surface area (Å²) in [4.78, 5) is 0. The molecule has 0 heterocycles. The van der Waals surface area contributed by atoms with Gasteiger partial charge in [0.15, 0.2) is 0 Å². The van der Waals surface area contributed by atoms with E-state index in [0.717, 1.165) is 12.8 Å². The highest BCUT2D eigenvalue weighted by Crippen LogP contribution is 2.49. The van der Waals surface area contributed by atoms with Crippen LogP contribution in [0.15, 0.2) is 18.2 Å². The van der Waals surface area contributed by atoms with Crippen LogP contribution >= 0.6 is 0 Å². The number of aromatic hydroxyl groups is 1. The lowest BCUT2D eigenvalue weighted by atomic mass is 9.89. The van der Waals surface area contributed by atoms with Gasteiger partial charge in [-0.25, -0.2) is 0 Å². The van der Waals surface area contributed by atoms with E-state index in [9.17, 15) is 5.11 Å². The molecule has 0 spiro atoms. The lowest BCUT2D eigenvalue weighted by molar-refractivity contribution is 0.358. The van der Waals surface area contributed by atoms with E-state index in [4.69, 9.17) is 0 Å². The topological polar surface area (TPSA) is 20.2 Å². The van der Waals surface area contributed by atoms with E-state index in [2.05, 4.69) is 33.8 Å². The molecule has 2 rings (SSSR count). The molecule has 0 aliphatic heterocycles. The molecule has 0 unspecified atom stereocenters. The molecule has 1 aromatic carbocycles. The second kappa shape index (κ2) is 9.10. The van der Waals surface area contributed by atoms with Crippen molar-refractivity contribution in [2.24, 2.45) is 10.8 Å². The van der Waals surface area contributed by atoms with Crippen molar-refractivity contribution < 1.29 is 5.11 Å². The van der Waals surface area contributed by atoms with Gasteiger partial charge in [-0.3, -0.25) is 0 Å². The molecule has 0 amide bonds. The Morgan fingerprint density at radius 1 is 0.920 bits per heavy atom. The average molecular weight is 345 g/mol. The fourth-order valence-corrected chi connectivity index (χ4v) is 3.79. The number of phenols is 1. The maximum absolute atomic E-state index is 10.3. The van der Waals surface area contributed by atoms with E-state index in [1.807, 2.05) is 12.1 Å². The lowest BCUT2D eigenvalue weighted by Crippen LogP contribution is -2.04. The third-order valence-corrected chi connectivity index (χ3v) is 5.93. The number of unbranched alkanes of at least 4 members (excludes halogenated alkanes) is 4. The molecule has 1 nitrogen and oxygen atoms in total. The first kappa shape index (κ1) is 20.3. The number of aryl methyl sites for hydroxylation is 1. The maximum Gasteiger partial charge on any atom is 0.119 e. The molecule has 1 aromatic rings. The van der Waals surface area contributed by atoms with Gasteiger partial charge < -0.3 is 5.11 Å². The van der Waals surface area contributed by atoms with E-state index in [1.165, 1.54) is 75.3 Å². The predicted octanol–water partition coefficient (Wildman–Crippen LogP) is 7.44. The Bertz CT molecular complexity index is 519. The number of rotatable bonds is 11. The van der Waals surface area contributed by atoms with Crippen LogP contribution in [0.3, 0.4) is 0 Å². The summed E-state index contributed by atoms with van der Waals surface area (Å²) in [5.74, 6) is 0.515. The van der Waals surface area contributed by atoms with Crippen molar-refractivity contribution in [3.8, 4) is 5.75 Å². The summed E-state index contributed by atoms with van der Waals surface area (Å²) < 4.78 is 0. The second-order valence-electron chi connectivity index (χ2n) is 9.91. The molecular formula is C24H40O. The zero-order valence-corrected chi connectivity index (χ0v) is 17.2. The highest BCUT2D eigenvalue weighted by atomic mass is 16.3. The van der Waals surface area contributed by atoms with Crippen LogP contribution in [0, 0.1) is 10.8 Å². The van der Waals surface area contributed by atoms with Crippen LogP contribution in [-0.4, -0.2) is 5.11 Å². The van der Waals surface area contributed by atoms with Gasteiger partial charge in [-0.2, -0.15) is 0 Å². The summed E-state index contributed by atoms with van der Waals surface area (Å²) in [6.45, 7) is 9.39. The summed E-state index contributed by atoms with van der Waals surface area (Å²) in [7, 11) is 0. The van der Waals surface area contributed by atoms with Gasteiger partial charge in [0.1, 0.15) is 5.75 Å². The quantitative estimate of drug-likeness (QED) is 0.413. The SMILES string of the molecule is CC(C)(C)CCCCCc1cccc(O)c1CCCCCC1(C)CC1. The smallest absolute Gasteiger partial charge is 0.119 e. The molecule has 1 aliphatic rings. The molecule has 0 bridgehead atoms. The molecule has 1 heteroatoms. The Labute approximate surface area is 156 Å². The third-order valence-electron chi connectivity index (χ3n) is 5.93. The molecule has 1 saturated carbocycles. The molecule has 0 saturated heterocycles. The van der Waals surface area contributed by atoms with Gasteiger partial charge >= 0.3 is 0 Å². The summed E-state index contributed by atoms with van der Waals surface area (Å²) in [5, 5.41) is 10.3. The van der Waals surface area contributed by atoms with E-state index in [0.29, 0.717) is 16.6 Å². The van der Waals surface area contributed by atoms with Gasteiger partial charge in [0.2, 0.25) is 0 Å². The monoisotopic (exact) mass is 344 g/mol. The van der Waals surface area contributed by atoms with Crippen molar-refractivity contribution in [1.29, 1.82) is 0 Å². The predicted molar refractivity (Wildman–Crippen MR) is 109 cm³/mol. The summed E-state index contributed by atoms with van der Waals surface area (Å²) in [6, 6.07) is 6.10. The van der Waals surface area contributed by atoms with Crippen LogP contribution in [0.5, 0.6) is 5.75 Å². The summed E-state index contributed by atoms with van der Waals surface area (Å²) in [5.41, 5.74) is 3.74. The standard InChI is InChI=1S/C24H40O/c1-23(2,3)16-9-5-7-12-20-13-11-15-22(25)21(20)14-8-6-10-17-24(4)18-19-24/h11,13,15,25H,5-10,12,14,16-19H2,1-4H3. The normalized spacial score (nSPS) is 16.2. The fourth-order valence-electron chi connectivity index (χ4n) is 3.79. The lowest BCUT2D eigenvalue weighted by Gasteiger charge is -2.17. The van der Waals surface area contributed by atoms with E-state index >= 15 is 0 Å². The Hall–Kier alpha value is -0.980. The molecule has 0 aromatic heterocycles. The molecule has 1 N–H and O–H groups in total. The summed E-state index contributed by atoms with van der Waals surface area (Å²) in [6.07, 6.45) is 15.5. The minimum atomic E-state index is 0.452. The molecule has 0 atom stereocenters.